The van der Waals surface area contributed by atoms with Crippen LogP contribution < -0.4 is 15.2 Å². The molecule has 0 atom stereocenters. The van der Waals surface area contributed by atoms with Crippen LogP contribution >= 0.6 is 11.6 Å². The molecule has 6 nitrogen and oxygen atoms in total. The van der Waals surface area contributed by atoms with Gasteiger partial charge < -0.3 is 10.1 Å². The molecule has 112 valence electrons. The van der Waals surface area contributed by atoms with E-state index in [1.54, 1.807) is 0 Å². The molecule has 0 aliphatic carbocycles. The zero-order chi connectivity index (χ0) is 15.3. The van der Waals surface area contributed by atoms with E-state index in [2.05, 4.69) is 5.32 Å². The Balaban J connectivity index is 2.60. The van der Waals surface area contributed by atoms with Gasteiger partial charge in [0.05, 0.1) is 22.9 Å². The third-order valence-corrected chi connectivity index (χ3v) is 3.47. The van der Waals surface area contributed by atoms with E-state index < -0.39 is 10.0 Å². The summed E-state index contributed by atoms with van der Waals surface area (Å²) < 4.78 is 27.6. The number of hydrogen-bond donors (Lipinski definition) is 2. The first kappa shape index (κ1) is 16.7. The maximum absolute atomic E-state index is 11.4. The summed E-state index contributed by atoms with van der Waals surface area (Å²) in [5.74, 6) is 0.175. The minimum atomic E-state index is -3.79. The second kappa shape index (κ2) is 6.92. The lowest BCUT2D eigenvalue weighted by atomic mass is 10.3. The zero-order valence-corrected chi connectivity index (χ0v) is 12.8. The number of rotatable bonds is 6. The second-order valence-electron chi connectivity index (χ2n) is 4.46. The van der Waals surface area contributed by atoms with E-state index in [9.17, 15) is 13.2 Å². The molecule has 0 radical (unpaired) electrons. The van der Waals surface area contributed by atoms with E-state index in [4.69, 9.17) is 21.5 Å². The van der Waals surface area contributed by atoms with Gasteiger partial charge >= 0.3 is 0 Å². The lowest BCUT2D eigenvalue weighted by Gasteiger charge is -2.10. The highest BCUT2D eigenvalue weighted by Gasteiger charge is 2.11. The van der Waals surface area contributed by atoms with Gasteiger partial charge in [0.1, 0.15) is 5.75 Å². The van der Waals surface area contributed by atoms with E-state index in [0.717, 1.165) is 0 Å². The Morgan fingerprint density at radius 3 is 2.60 bits per heavy atom. The van der Waals surface area contributed by atoms with E-state index in [-0.39, 0.29) is 34.9 Å². The molecule has 0 saturated heterocycles. The van der Waals surface area contributed by atoms with Crippen molar-refractivity contribution < 1.29 is 17.9 Å². The Kier molecular flexibility index (Phi) is 5.79. The molecule has 1 aromatic rings. The Hall–Kier alpha value is -1.31. The third kappa shape index (κ3) is 5.36. The summed E-state index contributed by atoms with van der Waals surface area (Å²) in [6.45, 7) is 3.87. The van der Waals surface area contributed by atoms with Crippen molar-refractivity contribution in [1.82, 2.24) is 5.32 Å². The molecule has 1 amide bonds. The smallest absolute Gasteiger partial charge is 0.238 e. The molecule has 0 unspecified atom stereocenters. The molecule has 1 rings (SSSR count). The van der Waals surface area contributed by atoms with Crippen molar-refractivity contribution in [3.8, 4) is 5.75 Å². The van der Waals surface area contributed by atoms with Gasteiger partial charge in [0.2, 0.25) is 15.9 Å². The normalized spacial score (nSPS) is 11.4. The number of benzene rings is 1. The molecular weight excluding hydrogens is 304 g/mol. The number of nitrogens with two attached hydrogens (primary N) is 1. The predicted octanol–water partition coefficient (Wildman–Crippen LogP) is 1.28. The molecule has 3 N–H and O–H groups in total. The van der Waals surface area contributed by atoms with Crippen LogP contribution in [0.3, 0.4) is 0 Å². The number of carbonyl (C=O) groups excluding carboxylic acids is 1. The van der Waals surface area contributed by atoms with E-state index in [1.807, 2.05) is 13.8 Å². The van der Waals surface area contributed by atoms with Crippen molar-refractivity contribution in [3.05, 3.63) is 23.2 Å². The fourth-order valence-electron chi connectivity index (χ4n) is 1.42. The third-order valence-electron chi connectivity index (χ3n) is 2.27. The largest absolute Gasteiger partial charge is 0.491 e. The fraction of sp³-hybridized carbons (Fsp3) is 0.417. The van der Waals surface area contributed by atoms with Crippen LogP contribution in [-0.2, 0) is 14.8 Å². The molecule has 0 fully saturated rings. The second-order valence-corrected chi connectivity index (χ2v) is 6.43. The van der Waals surface area contributed by atoms with Crippen LogP contribution in [0.25, 0.3) is 0 Å². The number of carbonyl (C=O) groups is 1. The Morgan fingerprint density at radius 1 is 1.45 bits per heavy atom. The highest BCUT2D eigenvalue weighted by molar-refractivity contribution is 7.89. The van der Waals surface area contributed by atoms with Crippen molar-refractivity contribution in [1.29, 1.82) is 0 Å². The number of hydrogen-bond acceptors (Lipinski definition) is 4. The van der Waals surface area contributed by atoms with Crippen LogP contribution in [0.2, 0.25) is 5.02 Å². The average molecular weight is 321 g/mol. The molecular formula is C12H17ClN2O4S. The van der Waals surface area contributed by atoms with Gasteiger partial charge in [-0.05, 0) is 32.0 Å². The average Bonchev–Trinajstić information content (AvgIpc) is 2.28. The van der Waals surface area contributed by atoms with Crippen LogP contribution in [0, 0.1) is 0 Å². The summed E-state index contributed by atoms with van der Waals surface area (Å²) in [4.78, 5) is 11.3. The van der Waals surface area contributed by atoms with Gasteiger partial charge in [0, 0.05) is 6.04 Å². The molecule has 0 bridgehead atoms. The van der Waals surface area contributed by atoms with Gasteiger partial charge in [-0.15, -0.1) is 0 Å². The zero-order valence-electron chi connectivity index (χ0n) is 11.2. The minimum absolute atomic E-state index is 0.0696. The Labute approximate surface area is 123 Å². The molecule has 20 heavy (non-hydrogen) atoms. The first-order valence-corrected chi connectivity index (χ1v) is 7.87. The number of nitrogens with one attached hydrogen (secondary N) is 1. The Bertz CT molecular complexity index is 587. The molecule has 0 aromatic heterocycles. The van der Waals surface area contributed by atoms with Gasteiger partial charge in [-0.25, -0.2) is 13.6 Å². The quantitative estimate of drug-likeness (QED) is 0.824. The van der Waals surface area contributed by atoms with Gasteiger partial charge in [-0.2, -0.15) is 0 Å². The van der Waals surface area contributed by atoms with Crippen molar-refractivity contribution in [2.75, 3.05) is 6.61 Å². The molecule has 1 aromatic carbocycles. The minimum Gasteiger partial charge on any atom is -0.491 e. The summed E-state index contributed by atoms with van der Waals surface area (Å²) in [6.07, 6.45) is 0.186. The van der Waals surface area contributed by atoms with Crippen molar-refractivity contribution >= 4 is 27.5 Å². The maximum Gasteiger partial charge on any atom is 0.238 e. The molecule has 0 heterocycles. The van der Waals surface area contributed by atoms with Gasteiger partial charge in [-0.1, -0.05) is 11.6 Å². The lowest BCUT2D eigenvalue weighted by Crippen LogP contribution is -2.31. The first-order chi connectivity index (χ1) is 9.20. The fourth-order valence-corrected chi connectivity index (χ4v) is 2.26. The van der Waals surface area contributed by atoms with Crippen LogP contribution in [0.1, 0.15) is 20.3 Å². The van der Waals surface area contributed by atoms with Gasteiger partial charge in [0.25, 0.3) is 0 Å². The predicted molar refractivity (Wildman–Crippen MR) is 76.2 cm³/mol. The lowest BCUT2D eigenvalue weighted by molar-refractivity contribution is -0.122. The van der Waals surface area contributed by atoms with Gasteiger partial charge in [0.15, 0.2) is 0 Å². The molecule has 0 aliphatic heterocycles. The summed E-state index contributed by atoms with van der Waals surface area (Å²) in [5, 5.41) is 7.83. The molecule has 0 spiro atoms. The van der Waals surface area contributed by atoms with E-state index in [0.29, 0.717) is 5.75 Å². The summed E-state index contributed by atoms with van der Waals surface area (Å²) in [6, 6.07) is 3.98. The van der Waals surface area contributed by atoms with Crippen LogP contribution in [0.4, 0.5) is 0 Å². The van der Waals surface area contributed by atoms with Crippen LogP contribution in [0.5, 0.6) is 5.75 Å². The molecule has 0 aliphatic rings. The van der Waals surface area contributed by atoms with Crippen molar-refractivity contribution in [3.63, 3.8) is 0 Å². The monoisotopic (exact) mass is 320 g/mol. The topological polar surface area (TPSA) is 98.5 Å². The van der Waals surface area contributed by atoms with E-state index >= 15 is 0 Å². The van der Waals surface area contributed by atoms with E-state index in [1.165, 1.54) is 18.2 Å². The number of primary sulfonamides is 1. The van der Waals surface area contributed by atoms with Crippen molar-refractivity contribution in [2.24, 2.45) is 5.14 Å². The first-order valence-electron chi connectivity index (χ1n) is 5.94. The summed E-state index contributed by atoms with van der Waals surface area (Å²) in [5.41, 5.74) is 0. The summed E-state index contributed by atoms with van der Waals surface area (Å²) >= 11 is 5.89. The maximum atomic E-state index is 11.4. The summed E-state index contributed by atoms with van der Waals surface area (Å²) in [7, 11) is -3.79. The number of sulfonamides is 1. The van der Waals surface area contributed by atoms with Crippen molar-refractivity contribution in [2.45, 2.75) is 31.2 Å². The highest BCUT2D eigenvalue weighted by Crippen LogP contribution is 2.26. The number of ether oxygens (including phenoxy) is 1. The molecule has 0 saturated carbocycles. The molecule has 8 heteroatoms. The van der Waals surface area contributed by atoms with Gasteiger partial charge in [-0.3, -0.25) is 4.79 Å². The Morgan fingerprint density at radius 2 is 2.10 bits per heavy atom. The SMILES string of the molecule is CC(C)NC(=O)CCOc1ccc(S(N)(=O)=O)cc1Cl. The van der Waals surface area contributed by atoms with Crippen LogP contribution in [-0.4, -0.2) is 27.0 Å². The standard InChI is InChI=1S/C12H17ClN2O4S/c1-8(2)15-12(16)5-6-19-11-4-3-9(7-10(11)13)20(14,17)18/h3-4,7-8H,5-6H2,1-2H3,(H,15,16)(H2,14,17,18). The highest BCUT2D eigenvalue weighted by atomic mass is 35.5. The van der Waals surface area contributed by atoms with Crippen LogP contribution in [0.15, 0.2) is 23.1 Å². The number of halogens is 1. The number of amides is 1.